The molecule has 0 saturated carbocycles. The molecule has 1 aromatic heterocycles. The van der Waals surface area contributed by atoms with Gasteiger partial charge in [-0.05, 0) is 51.2 Å². The number of methoxy groups -OCH3 is 1. The van der Waals surface area contributed by atoms with E-state index in [1.54, 1.807) is 24.5 Å². The van der Waals surface area contributed by atoms with Crippen LogP contribution in [0.15, 0.2) is 23.6 Å². The Balaban J connectivity index is 2.42. The summed E-state index contributed by atoms with van der Waals surface area (Å²) in [6.45, 7) is 0. The van der Waals surface area contributed by atoms with Crippen molar-refractivity contribution in [3.05, 3.63) is 47.6 Å². The monoisotopic (exact) mass is 476 g/mol. The molecule has 0 aliphatic heterocycles. The molecule has 0 spiro atoms. The minimum absolute atomic E-state index is 0.0353. The Morgan fingerprint density at radius 1 is 1.28 bits per heavy atom. The van der Waals surface area contributed by atoms with Crippen LogP contribution < -0.4 is 4.74 Å². The minimum Gasteiger partial charge on any atom is -0.495 e. The first-order chi connectivity index (χ1) is 8.52. The Labute approximate surface area is 142 Å². The van der Waals surface area contributed by atoms with Crippen molar-refractivity contribution >= 4 is 73.1 Å². The molecule has 0 N–H and O–H groups in total. The van der Waals surface area contributed by atoms with Crippen LogP contribution in [0.2, 0.25) is 10.0 Å². The van der Waals surface area contributed by atoms with Gasteiger partial charge in [0, 0.05) is 11.1 Å². The average Bonchev–Trinajstić information content (AvgIpc) is 2.77. The Kier molecular flexibility index (Phi) is 5.22. The summed E-state index contributed by atoms with van der Waals surface area (Å²) in [5, 5.41) is 3.31. The van der Waals surface area contributed by atoms with Crippen molar-refractivity contribution in [2.75, 3.05) is 7.11 Å². The van der Waals surface area contributed by atoms with Crippen LogP contribution in [0.3, 0.4) is 0 Å². The number of rotatable bonds is 3. The molecule has 2 aromatic rings. The fourth-order valence-electron chi connectivity index (χ4n) is 1.53. The number of benzene rings is 1. The molecule has 6 heteroatoms. The number of thiophene rings is 1. The van der Waals surface area contributed by atoms with Gasteiger partial charge in [0.15, 0.2) is 0 Å². The Morgan fingerprint density at radius 3 is 2.56 bits per heavy atom. The summed E-state index contributed by atoms with van der Waals surface area (Å²) >= 11 is 20.1. The molecule has 0 saturated heterocycles. The molecule has 0 radical (unpaired) electrons. The van der Waals surface area contributed by atoms with E-state index in [9.17, 15) is 0 Å². The van der Waals surface area contributed by atoms with Gasteiger partial charge in [0.05, 0.1) is 19.8 Å². The fraction of sp³-hybridized carbons (Fsp3) is 0.167. The highest BCUT2D eigenvalue weighted by Crippen LogP contribution is 2.41. The van der Waals surface area contributed by atoms with Gasteiger partial charge in [-0.25, -0.2) is 0 Å². The molecule has 96 valence electrons. The largest absolute Gasteiger partial charge is 0.495 e. The van der Waals surface area contributed by atoms with Crippen molar-refractivity contribution in [2.24, 2.45) is 0 Å². The lowest BCUT2D eigenvalue weighted by molar-refractivity contribution is 0.415. The molecule has 1 heterocycles. The summed E-state index contributed by atoms with van der Waals surface area (Å²) in [5.74, 6) is 0.588. The quantitative estimate of drug-likeness (QED) is 0.380. The Morgan fingerprint density at radius 2 is 2.00 bits per heavy atom. The third kappa shape index (κ3) is 3.15. The zero-order valence-corrected chi connectivity index (χ0v) is 15.3. The fourth-order valence-corrected chi connectivity index (χ4v) is 4.39. The third-order valence-corrected chi connectivity index (χ3v) is 5.88. The second-order valence-electron chi connectivity index (χ2n) is 3.55. The lowest BCUT2D eigenvalue weighted by Crippen LogP contribution is -1.94. The smallest absolute Gasteiger partial charge is 0.138 e. The molecule has 1 aromatic carbocycles. The summed E-state index contributed by atoms with van der Waals surface area (Å²) < 4.78 is 6.38. The first-order valence-electron chi connectivity index (χ1n) is 4.94. The molecule has 0 aliphatic rings. The normalized spacial score (nSPS) is 12.5. The molecular formula is C12H8BrCl2IOS. The Hall–Kier alpha value is 0.510. The number of alkyl halides is 1. The Bertz CT molecular complexity index is 573. The number of hydrogen-bond donors (Lipinski definition) is 0. The van der Waals surface area contributed by atoms with Gasteiger partial charge in [-0.15, -0.1) is 11.3 Å². The summed E-state index contributed by atoms with van der Waals surface area (Å²) in [6.07, 6.45) is 0. The van der Waals surface area contributed by atoms with Crippen molar-refractivity contribution in [3.8, 4) is 5.75 Å². The number of ether oxygens (including phenoxy) is 1. The van der Waals surface area contributed by atoms with Gasteiger partial charge in [-0.1, -0.05) is 39.1 Å². The van der Waals surface area contributed by atoms with E-state index in [-0.39, 0.29) is 4.83 Å². The van der Waals surface area contributed by atoms with E-state index in [0.717, 1.165) is 5.56 Å². The molecule has 0 fully saturated rings. The minimum atomic E-state index is 0.0353. The predicted molar refractivity (Wildman–Crippen MR) is 90.8 cm³/mol. The molecule has 1 nitrogen and oxygen atoms in total. The van der Waals surface area contributed by atoms with Crippen LogP contribution in [0.25, 0.3) is 0 Å². The lowest BCUT2D eigenvalue weighted by atomic mass is 10.1. The van der Waals surface area contributed by atoms with Crippen molar-refractivity contribution < 1.29 is 4.74 Å². The van der Waals surface area contributed by atoms with Crippen LogP contribution in [0.1, 0.15) is 16.0 Å². The topological polar surface area (TPSA) is 9.23 Å². The van der Waals surface area contributed by atoms with Gasteiger partial charge in [-0.3, -0.25) is 0 Å². The van der Waals surface area contributed by atoms with Crippen molar-refractivity contribution in [2.45, 2.75) is 4.83 Å². The first kappa shape index (κ1) is 14.9. The van der Waals surface area contributed by atoms with E-state index in [1.807, 2.05) is 6.07 Å². The summed E-state index contributed by atoms with van der Waals surface area (Å²) in [4.78, 5) is 0.0353. The highest BCUT2D eigenvalue weighted by atomic mass is 127. The van der Waals surface area contributed by atoms with Gasteiger partial charge in [0.25, 0.3) is 0 Å². The highest BCUT2D eigenvalue weighted by Gasteiger charge is 2.17. The molecule has 18 heavy (non-hydrogen) atoms. The van der Waals surface area contributed by atoms with Crippen LogP contribution in [0.4, 0.5) is 0 Å². The van der Waals surface area contributed by atoms with E-state index < -0.39 is 0 Å². The standard InChI is InChI=1S/C12H8BrCl2IOS/c1-17-10-4-8(14)7(3-9(10)15)12(13)6-2-11(16)18-5-6/h2-5,12H,1H3. The van der Waals surface area contributed by atoms with Crippen LogP contribution >= 0.6 is 73.1 Å². The van der Waals surface area contributed by atoms with Gasteiger partial charge < -0.3 is 4.74 Å². The maximum Gasteiger partial charge on any atom is 0.138 e. The molecule has 0 bridgehead atoms. The summed E-state index contributed by atoms with van der Waals surface area (Å²) in [7, 11) is 1.57. The number of halogens is 4. The molecule has 2 rings (SSSR count). The van der Waals surface area contributed by atoms with Crippen LogP contribution in [0.5, 0.6) is 5.75 Å². The zero-order valence-electron chi connectivity index (χ0n) is 9.22. The zero-order chi connectivity index (χ0) is 13.3. The van der Waals surface area contributed by atoms with Crippen molar-refractivity contribution in [1.82, 2.24) is 0 Å². The lowest BCUT2D eigenvalue weighted by Gasteiger charge is -2.13. The first-order valence-corrected chi connectivity index (χ1v) is 8.57. The second-order valence-corrected chi connectivity index (χ2v) is 8.09. The van der Waals surface area contributed by atoms with E-state index in [4.69, 9.17) is 27.9 Å². The molecular weight excluding hydrogens is 470 g/mol. The van der Waals surface area contributed by atoms with Crippen LogP contribution in [-0.4, -0.2) is 7.11 Å². The summed E-state index contributed by atoms with van der Waals surface area (Å²) in [5.41, 5.74) is 2.12. The van der Waals surface area contributed by atoms with Gasteiger partial charge >= 0.3 is 0 Å². The van der Waals surface area contributed by atoms with E-state index in [2.05, 4.69) is 50.0 Å². The second kappa shape index (κ2) is 6.31. The highest BCUT2D eigenvalue weighted by molar-refractivity contribution is 14.1. The number of hydrogen-bond acceptors (Lipinski definition) is 2. The average molecular weight is 478 g/mol. The molecule has 1 unspecified atom stereocenters. The maximum atomic E-state index is 6.26. The van der Waals surface area contributed by atoms with E-state index in [1.165, 1.54) is 8.45 Å². The molecule has 1 atom stereocenters. The molecule has 0 amide bonds. The van der Waals surface area contributed by atoms with Crippen LogP contribution in [-0.2, 0) is 0 Å². The SMILES string of the molecule is COc1cc(Cl)c(C(Br)c2csc(I)c2)cc1Cl. The van der Waals surface area contributed by atoms with E-state index in [0.29, 0.717) is 15.8 Å². The van der Waals surface area contributed by atoms with Crippen molar-refractivity contribution in [1.29, 1.82) is 0 Å². The van der Waals surface area contributed by atoms with Gasteiger partial charge in [-0.2, -0.15) is 0 Å². The maximum absolute atomic E-state index is 6.26. The third-order valence-electron chi connectivity index (χ3n) is 2.42. The van der Waals surface area contributed by atoms with Gasteiger partial charge in [0.2, 0.25) is 0 Å². The summed E-state index contributed by atoms with van der Waals surface area (Å²) in [6, 6.07) is 5.70. The van der Waals surface area contributed by atoms with Crippen LogP contribution in [0, 0.1) is 2.88 Å². The van der Waals surface area contributed by atoms with E-state index >= 15 is 0 Å². The predicted octanol–water partition coefficient (Wildman–Crippen LogP) is 6.15. The van der Waals surface area contributed by atoms with Crippen molar-refractivity contribution in [3.63, 3.8) is 0 Å². The van der Waals surface area contributed by atoms with Gasteiger partial charge in [0.1, 0.15) is 5.75 Å². The molecule has 0 aliphatic carbocycles.